The molecule has 6 heteroatoms. The molecule has 0 unspecified atom stereocenters. The quantitative estimate of drug-likeness (QED) is 0.593. The zero-order chi connectivity index (χ0) is 16.0. The van der Waals surface area contributed by atoms with Crippen molar-refractivity contribution in [2.45, 2.75) is 19.3 Å². The van der Waals surface area contributed by atoms with Gasteiger partial charge in [0.05, 0.1) is 11.4 Å². The van der Waals surface area contributed by atoms with Crippen molar-refractivity contribution in [2.24, 2.45) is 0 Å². The number of fused-ring (bicyclic) bond motifs is 2. The Morgan fingerprint density at radius 3 is 2.96 bits per heavy atom. The van der Waals surface area contributed by atoms with Gasteiger partial charge in [-0.25, -0.2) is 4.98 Å². The fourth-order valence-electron chi connectivity index (χ4n) is 2.91. The van der Waals surface area contributed by atoms with E-state index in [2.05, 4.69) is 34.0 Å². The van der Waals surface area contributed by atoms with Crippen LogP contribution in [0.15, 0.2) is 30.3 Å². The molecule has 0 fully saturated rings. The molecule has 4 rings (SSSR count). The molecule has 2 aromatic heterocycles. The van der Waals surface area contributed by atoms with Crippen LogP contribution in [0.4, 0.5) is 11.4 Å². The van der Waals surface area contributed by atoms with Gasteiger partial charge in [-0.3, -0.25) is 4.79 Å². The maximum absolute atomic E-state index is 12.6. The second kappa shape index (κ2) is 5.76. The molecule has 1 aromatic carbocycles. The van der Waals surface area contributed by atoms with Crippen LogP contribution in [0.3, 0.4) is 0 Å². The molecule has 2 heterocycles. The van der Waals surface area contributed by atoms with E-state index in [1.807, 2.05) is 24.3 Å². The summed E-state index contributed by atoms with van der Waals surface area (Å²) in [4.78, 5) is 18.7. The highest BCUT2D eigenvalue weighted by Gasteiger charge is 2.21. The molecule has 0 saturated heterocycles. The lowest BCUT2D eigenvalue weighted by atomic mass is 10.1. The van der Waals surface area contributed by atoms with Crippen LogP contribution in [0.5, 0.6) is 0 Å². The molecule has 0 spiro atoms. The summed E-state index contributed by atoms with van der Waals surface area (Å²) in [6, 6.07) is 9.79. The Bertz CT molecular complexity index is 935. The summed E-state index contributed by atoms with van der Waals surface area (Å²) < 4.78 is 0.996. The zero-order valence-corrected chi connectivity index (χ0v) is 15.2. The molecule has 23 heavy (non-hydrogen) atoms. The summed E-state index contributed by atoms with van der Waals surface area (Å²) in [5.74, 6) is -0.172. The van der Waals surface area contributed by atoms with Gasteiger partial charge < -0.3 is 11.1 Å². The molecule has 116 valence electrons. The number of hydrogen-bond acceptors (Lipinski definition) is 4. The van der Waals surface area contributed by atoms with Crippen LogP contribution in [-0.2, 0) is 12.8 Å². The summed E-state index contributed by atoms with van der Waals surface area (Å²) in [5, 5.41) is 3.85. The molecule has 0 bridgehead atoms. The fourth-order valence-corrected chi connectivity index (χ4v) is 4.42. The van der Waals surface area contributed by atoms with E-state index in [9.17, 15) is 4.79 Å². The van der Waals surface area contributed by atoms with Gasteiger partial charge in [-0.2, -0.15) is 0 Å². The van der Waals surface area contributed by atoms with Gasteiger partial charge in [0, 0.05) is 14.7 Å². The molecular weight excluding hydrogens is 421 g/mol. The van der Waals surface area contributed by atoms with Crippen molar-refractivity contribution in [1.82, 2.24) is 4.98 Å². The van der Waals surface area contributed by atoms with Crippen molar-refractivity contribution in [3.8, 4) is 0 Å². The number of thiophene rings is 1. The van der Waals surface area contributed by atoms with E-state index in [-0.39, 0.29) is 5.91 Å². The normalized spacial score (nSPS) is 13.3. The molecular formula is C17H14IN3OS. The van der Waals surface area contributed by atoms with E-state index in [1.165, 1.54) is 16.9 Å². The number of aryl methyl sites for hydroxylation is 2. The van der Waals surface area contributed by atoms with Crippen LogP contribution in [0, 0.1) is 3.57 Å². The number of carbonyl (C=O) groups excluding carboxylic acids is 1. The van der Waals surface area contributed by atoms with Gasteiger partial charge in [-0.05, 0) is 65.6 Å². The van der Waals surface area contributed by atoms with Crippen molar-refractivity contribution < 1.29 is 4.79 Å². The van der Waals surface area contributed by atoms with Crippen LogP contribution >= 0.6 is 33.9 Å². The number of nitrogens with one attached hydrogen (secondary N) is 1. The van der Waals surface area contributed by atoms with Crippen molar-refractivity contribution in [2.75, 3.05) is 11.1 Å². The van der Waals surface area contributed by atoms with Crippen molar-refractivity contribution in [3.63, 3.8) is 0 Å². The van der Waals surface area contributed by atoms with Crippen molar-refractivity contribution in [3.05, 3.63) is 50.0 Å². The van der Waals surface area contributed by atoms with Crippen LogP contribution in [0.1, 0.15) is 27.3 Å². The van der Waals surface area contributed by atoms with Crippen LogP contribution in [-0.4, -0.2) is 10.9 Å². The lowest BCUT2D eigenvalue weighted by Gasteiger charge is -2.06. The largest absolute Gasteiger partial charge is 0.397 e. The molecule has 1 aliphatic carbocycles. The zero-order valence-electron chi connectivity index (χ0n) is 12.2. The molecule has 0 radical (unpaired) electrons. The number of benzene rings is 1. The van der Waals surface area contributed by atoms with E-state index < -0.39 is 0 Å². The molecule has 0 saturated carbocycles. The number of halogens is 1. The minimum atomic E-state index is -0.172. The summed E-state index contributed by atoms with van der Waals surface area (Å²) in [6.45, 7) is 0. The molecule has 1 aliphatic rings. The number of para-hydroxylation sites is 1. The fraction of sp³-hybridized carbons (Fsp3) is 0.176. The summed E-state index contributed by atoms with van der Waals surface area (Å²) in [5.41, 5.74) is 9.99. The number of rotatable bonds is 2. The minimum Gasteiger partial charge on any atom is -0.397 e. The predicted octanol–water partition coefficient (Wildman–Crippen LogP) is 4.22. The topological polar surface area (TPSA) is 68.0 Å². The van der Waals surface area contributed by atoms with E-state index in [0.29, 0.717) is 10.6 Å². The highest BCUT2D eigenvalue weighted by atomic mass is 127. The molecule has 3 N–H and O–H groups in total. The van der Waals surface area contributed by atoms with Gasteiger partial charge in [0.2, 0.25) is 0 Å². The standard InChI is InChI=1S/C17H14IN3OS/c18-11-5-1-2-6-13(11)20-16(22)15-14(19)10-8-9-4-3-7-12(9)21-17(10)23-15/h1-2,5-6,8H,3-4,7,19H2,(H,20,22). The summed E-state index contributed by atoms with van der Waals surface area (Å²) in [6.07, 6.45) is 3.23. The number of carbonyl (C=O) groups is 1. The first kappa shape index (κ1) is 14.9. The van der Waals surface area contributed by atoms with Gasteiger partial charge in [0.1, 0.15) is 9.71 Å². The van der Waals surface area contributed by atoms with Crippen LogP contribution in [0.25, 0.3) is 10.2 Å². The maximum atomic E-state index is 12.6. The second-order valence-corrected chi connectivity index (χ2v) is 7.74. The Morgan fingerprint density at radius 1 is 1.30 bits per heavy atom. The monoisotopic (exact) mass is 435 g/mol. The predicted molar refractivity (Wildman–Crippen MR) is 103 cm³/mol. The third kappa shape index (κ3) is 2.59. The number of anilines is 2. The van der Waals surface area contributed by atoms with Gasteiger partial charge in [-0.1, -0.05) is 12.1 Å². The second-order valence-electron chi connectivity index (χ2n) is 5.58. The Labute approximate surface area is 151 Å². The highest BCUT2D eigenvalue weighted by molar-refractivity contribution is 14.1. The molecule has 3 aromatic rings. The highest BCUT2D eigenvalue weighted by Crippen LogP contribution is 2.36. The van der Waals surface area contributed by atoms with Gasteiger partial charge in [0.15, 0.2) is 0 Å². The average molecular weight is 435 g/mol. The number of pyridine rings is 1. The average Bonchev–Trinajstić information content (AvgIpc) is 3.12. The molecule has 0 atom stereocenters. The Morgan fingerprint density at radius 2 is 2.13 bits per heavy atom. The summed E-state index contributed by atoms with van der Waals surface area (Å²) in [7, 11) is 0. The lowest BCUT2D eigenvalue weighted by molar-refractivity contribution is 0.103. The number of nitrogens with two attached hydrogens (primary N) is 1. The van der Waals surface area contributed by atoms with E-state index in [4.69, 9.17) is 10.7 Å². The number of nitrogens with zero attached hydrogens (tertiary/aromatic N) is 1. The SMILES string of the molecule is Nc1c(C(=O)Nc2ccccc2I)sc2nc3c(cc12)CCC3. The van der Waals surface area contributed by atoms with Crippen LogP contribution < -0.4 is 11.1 Å². The van der Waals surface area contributed by atoms with Crippen molar-refractivity contribution >= 4 is 61.4 Å². The first-order valence-electron chi connectivity index (χ1n) is 7.40. The Kier molecular flexibility index (Phi) is 3.73. The van der Waals surface area contributed by atoms with Crippen LogP contribution in [0.2, 0.25) is 0 Å². The number of hydrogen-bond donors (Lipinski definition) is 2. The first-order valence-corrected chi connectivity index (χ1v) is 9.29. The van der Waals surface area contributed by atoms with Gasteiger partial charge in [0.25, 0.3) is 5.91 Å². The Balaban J connectivity index is 1.73. The van der Waals surface area contributed by atoms with E-state index >= 15 is 0 Å². The number of nitrogen functional groups attached to an aromatic ring is 1. The van der Waals surface area contributed by atoms with Crippen molar-refractivity contribution in [1.29, 1.82) is 0 Å². The molecule has 1 amide bonds. The maximum Gasteiger partial charge on any atom is 0.267 e. The van der Waals surface area contributed by atoms with E-state index in [0.717, 1.165) is 44.4 Å². The third-order valence-corrected chi connectivity index (χ3v) is 6.13. The smallest absolute Gasteiger partial charge is 0.267 e. The molecule has 0 aliphatic heterocycles. The minimum absolute atomic E-state index is 0.172. The molecule has 4 nitrogen and oxygen atoms in total. The third-order valence-electron chi connectivity index (χ3n) is 4.08. The Hall–Kier alpha value is -1.67. The summed E-state index contributed by atoms with van der Waals surface area (Å²) >= 11 is 3.57. The number of amides is 1. The van der Waals surface area contributed by atoms with E-state index in [1.54, 1.807) is 0 Å². The van der Waals surface area contributed by atoms with Gasteiger partial charge in [-0.15, -0.1) is 11.3 Å². The first-order chi connectivity index (χ1) is 11.1. The number of aromatic nitrogens is 1. The van der Waals surface area contributed by atoms with Gasteiger partial charge >= 0.3 is 0 Å². The lowest BCUT2D eigenvalue weighted by Crippen LogP contribution is -2.12.